The Labute approximate surface area is 161 Å². The van der Waals surface area contributed by atoms with E-state index in [2.05, 4.69) is 4.52 Å². The van der Waals surface area contributed by atoms with E-state index in [0.29, 0.717) is 0 Å². The molecule has 1 aliphatic heterocycles. The Hall–Kier alpha value is -0.990. The summed E-state index contributed by atoms with van der Waals surface area (Å²) < 4.78 is 44.9. The van der Waals surface area contributed by atoms with Gasteiger partial charge in [0, 0.05) is 18.2 Å². The Morgan fingerprint density at radius 2 is 1.86 bits per heavy atom. The van der Waals surface area contributed by atoms with Crippen molar-refractivity contribution >= 4 is 23.2 Å². The molecule has 0 amide bonds. The minimum absolute atomic E-state index is 0.138. The van der Waals surface area contributed by atoms with Gasteiger partial charge in [-0.2, -0.15) is 0 Å². The number of aliphatic hydroxyl groups excluding tert-OH is 1. The van der Waals surface area contributed by atoms with Crippen molar-refractivity contribution in [2.45, 2.75) is 31.8 Å². The Bertz CT molecular complexity index is 1020. The van der Waals surface area contributed by atoms with Gasteiger partial charge in [-0.05, 0) is 6.92 Å². The van der Waals surface area contributed by atoms with Gasteiger partial charge in [-0.3, -0.25) is 23.4 Å². The summed E-state index contributed by atoms with van der Waals surface area (Å²) in [5, 5.41) is 10.0. The first-order chi connectivity index (χ1) is 13.1. The number of aromatic nitrogens is 2. The summed E-state index contributed by atoms with van der Waals surface area (Å²) in [7, 11) is -15.5. The van der Waals surface area contributed by atoms with E-state index < -0.39 is 59.5 Å². The average molecular weight is 480 g/mol. The van der Waals surface area contributed by atoms with Crippen LogP contribution in [0.2, 0.25) is 0 Å². The standard InChI is InChI=1S/C10H19N4O12P3/c1-5-3-14(10(17)11-9(5)16)8-2-6(15)7(26-8)4-25-29(23,24)13-27(18,19)12-28(20,21)22/h3,6-8,15H,2,4H2,1H3,(H,11,16,17)(H6,12,13,18,19,20,21,22,23,24)/t6-,7+,8+/m0/s1. The van der Waals surface area contributed by atoms with Crippen molar-refractivity contribution in [3.63, 3.8) is 0 Å². The fourth-order valence-electron chi connectivity index (χ4n) is 2.41. The van der Waals surface area contributed by atoms with E-state index in [9.17, 15) is 38.2 Å². The van der Waals surface area contributed by atoms with Crippen LogP contribution in [0.1, 0.15) is 18.2 Å². The summed E-state index contributed by atoms with van der Waals surface area (Å²) >= 11 is 0. The number of ether oxygens (including phenoxy) is 1. The molecule has 1 aromatic rings. The van der Waals surface area contributed by atoms with Gasteiger partial charge in [-0.15, -0.1) is 9.72 Å². The van der Waals surface area contributed by atoms with Crippen LogP contribution < -0.4 is 21.0 Å². The van der Waals surface area contributed by atoms with Crippen molar-refractivity contribution in [1.29, 1.82) is 0 Å². The van der Waals surface area contributed by atoms with E-state index in [1.807, 2.05) is 4.98 Å². The molecule has 1 aromatic heterocycles. The number of hydrogen-bond donors (Lipinski definition) is 8. The van der Waals surface area contributed by atoms with Gasteiger partial charge in [0.1, 0.15) is 12.3 Å². The highest BCUT2D eigenvalue weighted by Gasteiger charge is 2.40. The third-order valence-corrected chi connectivity index (χ3v) is 8.32. The number of aliphatic hydroxyl groups is 1. The quantitative estimate of drug-likeness (QED) is 0.187. The first-order valence-electron chi connectivity index (χ1n) is 7.69. The number of aryl methyl sites for hydroxylation is 1. The zero-order valence-electron chi connectivity index (χ0n) is 14.6. The van der Waals surface area contributed by atoms with Crippen LogP contribution in [0.25, 0.3) is 0 Å². The maximum Gasteiger partial charge on any atom is 0.411 e. The van der Waals surface area contributed by atoms with Gasteiger partial charge in [0.25, 0.3) is 5.56 Å². The SMILES string of the molecule is Cc1cn([C@H]2C[C@H](O)[C@@H](COP(=O)(O)NP(=O)(O)NP(=O)(O)O)O2)c(=O)[nH]c1=O. The van der Waals surface area contributed by atoms with Gasteiger partial charge < -0.3 is 29.4 Å². The lowest BCUT2D eigenvalue weighted by Gasteiger charge is -2.21. The molecular weight excluding hydrogens is 461 g/mol. The van der Waals surface area contributed by atoms with Crippen LogP contribution in [0.4, 0.5) is 0 Å². The Balaban J connectivity index is 2.03. The second kappa shape index (κ2) is 8.63. The van der Waals surface area contributed by atoms with Crippen LogP contribution >= 0.6 is 23.2 Å². The summed E-state index contributed by atoms with van der Waals surface area (Å²) in [6, 6.07) is 0. The second-order valence-electron chi connectivity index (χ2n) is 6.05. The van der Waals surface area contributed by atoms with Crippen LogP contribution in [0.15, 0.2) is 15.8 Å². The van der Waals surface area contributed by atoms with Gasteiger partial charge in [-0.25, -0.2) is 13.9 Å². The summed E-state index contributed by atoms with van der Waals surface area (Å²) in [5.74, 6) is 0. The van der Waals surface area contributed by atoms with Gasteiger partial charge in [-0.1, -0.05) is 0 Å². The third-order valence-electron chi connectivity index (χ3n) is 3.60. The number of hydrogen-bond acceptors (Lipinski definition) is 8. The molecule has 0 spiro atoms. The molecule has 5 atom stereocenters. The zero-order valence-corrected chi connectivity index (χ0v) is 17.3. The van der Waals surface area contributed by atoms with E-state index in [0.717, 1.165) is 14.3 Å². The van der Waals surface area contributed by atoms with Crippen LogP contribution in [0.5, 0.6) is 0 Å². The fourth-order valence-corrected chi connectivity index (χ4v) is 6.35. The molecule has 0 saturated carbocycles. The highest BCUT2D eigenvalue weighted by Crippen LogP contribution is 2.53. The lowest BCUT2D eigenvalue weighted by molar-refractivity contribution is -0.0426. The molecule has 8 N–H and O–H groups in total. The Morgan fingerprint density at radius 1 is 1.24 bits per heavy atom. The minimum atomic E-state index is -5.21. The number of H-pyrrole nitrogens is 1. The van der Waals surface area contributed by atoms with Crippen molar-refractivity contribution in [2.75, 3.05) is 6.61 Å². The van der Waals surface area contributed by atoms with Crippen LogP contribution in [0, 0.1) is 6.92 Å². The molecule has 2 unspecified atom stereocenters. The van der Waals surface area contributed by atoms with Crippen LogP contribution in [-0.4, -0.2) is 53.0 Å². The maximum atomic E-state index is 11.9. The topological polar surface area (TPSA) is 250 Å². The molecule has 19 heteroatoms. The molecule has 0 aliphatic carbocycles. The molecule has 1 saturated heterocycles. The monoisotopic (exact) mass is 480 g/mol. The maximum absolute atomic E-state index is 11.9. The molecule has 0 aromatic carbocycles. The lowest BCUT2D eigenvalue weighted by atomic mass is 10.2. The molecule has 0 radical (unpaired) electrons. The molecule has 2 rings (SSSR count). The molecule has 29 heavy (non-hydrogen) atoms. The van der Waals surface area contributed by atoms with E-state index in [1.165, 1.54) is 13.1 Å². The predicted octanol–water partition coefficient (Wildman–Crippen LogP) is -2.02. The highest BCUT2D eigenvalue weighted by atomic mass is 31.3. The number of rotatable bonds is 8. The smallest absolute Gasteiger partial charge is 0.390 e. The van der Waals surface area contributed by atoms with Crippen molar-refractivity contribution in [2.24, 2.45) is 0 Å². The molecular formula is C10H19N4O12P3. The highest BCUT2D eigenvalue weighted by molar-refractivity contribution is 7.74. The summed E-state index contributed by atoms with van der Waals surface area (Å²) in [5.41, 5.74) is -1.21. The van der Waals surface area contributed by atoms with Crippen molar-refractivity contribution in [3.8, 4) is 0 Å². The normalized spacial score (nSPS) is 26.8. The first kappa shape index (κ1) is 24.3. The summed E-state index contributed by atoms with van der Waals surface area (Å²) in [6.07, 6.45) is -2.48. The number of nitrogens with zero attached hydrogens (tertiary/aromatic N) is 1. The Morgan fingerprint density at radius 3 is 2.45 bits per heavy atom. The van der Waals surface area contributed by atoms with E-state index in [-0.39, 0.29) is 12.0 Å². The van der Waals surface area contributed by atoms with Gasteiger partial charge >= 0.3 is 28.9 Å². The third kappa shape index (κ3) is 7.03. The summed E-state index contributed by atoms with van der Waals surface area (Å²) in [4.78, 5) is 63.5. The predicted molar refractivity (Wildman–Crippen MR) is 94.5 cm³/mol. The van der Waals surface area contributed by atoms with Crippen molar-refractivity contribution in [3.05, 3.63) is 32.6 Å². The first-order valence-corrected chi connectivity index (χ1v) is 12.5. The van der Waals surface area contributed by atoms with Gasteiger partial charge in [0.2, 0.25) is 0 Å². The largest absolute Gasteiger partial charge is 0.411 e. The summed E-state index contributed by atoms with van der Waals surface area (Å²) in [6.45, 7) is 0.652. The van der Waals surface area contributed by atoms with E-state index >= 15 is 0 Å². The van der Waals surface area contributed by atoms with Crippen LogP contribution in [-0.2, 0) is 23.0 Å². The number of nitrogens with one attached hydrogen (secondary N) is 3. The second-order valence-corrected chi connectivity index (χ2v) is 11.2. The van der Waals surface area contributed by atoms with E-state index in [4.69, 9.17) is 14.5 Å². The van der Waals surface area contributed by atoms with Crippen molar-refractivity contribution < 1.29 is 47.6 Å². The number of aromatic amines is 1. The average Bonchev–Trinajstić information content (AvgIpc) is 2.86. The Kier molecular flexibility index (Phi) is 7.23. The molecule has 166 valence electrons. The van der Waals surface area contributed by atoms with Gasteiger partial charge in [0.15, 0.2) is 0 Å². The fraction of sp³-hybridized carbons (Fsp3) is 0.600. The van der Waals surface area contributed by atoms with Gasteiger partial charge in [0.05, 0.1) is 12.7 Å². The molecule has 1 fully saturated rings. The van der Waals surface area contributed by atoms with Crippen LogP contribution in [0.3, 0.4) is 0 Å². The molecule has 1 aliphatic rings. The minimum Gasteiger partial charge on any atom is -0.390 e. The van der Waals surface area contributed by atoms with E-state index in [1.54, 1.807) is 0 Å². The van der Waals surface area contributed by atoms with Crippen molar-refractivity contribution in [1.82, 2.24) is 19.3 Å². The zero-order chi connectivity index (χ0) is 22.2. The molecule has 0 bridgehead atoms. The molecule has 2 heterocycles. The molecule has 16 nitrogen and oxygen atoms in total. The lowest BCUT2D eigenvalue weighted by Crippen LogP contribution is -2.33.